The Hall–Kier alpha value is -0.970. The van der Waals surface area contributed by atoms with Gasteiger partial charge in [0.05, 0.1) is 6.04 Å². The predicted molar refractivity (Wildman–Crippen MR) is 80.7 cm³/mol. The molecule has 1 saturated heterocycles. The zero-order chi connectivity index (χ0) is 14.7. The van der Waals surface area contributed by atoms with Crippen LogP contribution in [-0.2, 0) is 0 Å². The van der Waals surface area contributed by atoms with Crippen molar-refractivity contribution in [3.63, 3.8) is 0 Å². The lowest BCUT2D eigenvalue weighted by Crippen LogP contribution is -2.54. The molecule has 1 aromatic rings. The first-order valence-corrected chi connectivity index (χ1v) is 7.53. The lowest BCUT2D eigenvalue weighted by atomic mass is 9.98. The maximum atomic E-state index is 13.2. The second-order valence-electron chi connectivity index (χ2n) is 5.95. The zero-order valence-electron chi connectivity index (χ0n) is 12.7. The van der Waals surface area contributed by atoms with Gasteiger partial charge in [0, 0.05) is 18.6 Å². The predicted octanol–water partition coefficient (Wildman–Crippen LogP) is 2.90. The lowest BCUT2D eigenvalue weighted by molar-refractivity contribution is 0.0303. The third-order valence-corrected chi connectivity index (χ3v) is 4.34. The van der Waals surface area contributed by atoms with E-state index in [-0.39, 0.29) is 11.9 Å². The normalized spacial score (nSPS) is 25.6. The average Bonchev–Trinajstić information content (AvgIpc) is 2.40. The summed E-state index contributed by atoms with van der Waals surface area (Å²) in [4.78, 5) is 0. The zero-order valence-corrected chi connectivity index (χ0v) is 12.7. The van der Waals surface area contributed by atoms with Crippen LogP contribution in [0.5, 0.6) is 0 Å². The van der Waals surface area contributed by atoms with Crippen LogP contribution < -0.4 is 11.2 Å². The minimum atomic E-state index is -0.193. The van der Waals surface area contributed by atoms with E-state index in [4.69, 9.17) is 5.73 Å². The maximum Gasteiger partial charge on any atom is 0.123 e. The molecule has 0 aliphatic carbocycles. The molecule has 1 aromatic carbocycles. The summed E-state index contributed by atoms with van der Waals surface area (Å²) in [5.41, 5.74) is 11.5. The van der Waals surface area contributed by atoms with Crippen molar-refractivity contribution in [2.45, 2.75) is 58.2 Å². The fourth-order valence-corrected chi connectivity index (χ4v) is 3.13. The van der Waals surface area contributed by atoms with E-state index in [1.807, 2.05) is 13.0 Å². The van der Waals surface area contributed by atoms with Crippen molar-refractivity contribution in [3.05, 3.63) is 35.1 Å². The van der Waals surface area contributed by atoms with Gasteiger partial charge in [-0.3, -0.25) is 0 Å². The smallest absolute Gasteiger partial charge is 0.123 e. The van der Waals surface area contributed by atoms with Gasteiger partial charge in [-0.2, -0.15) is 0 Å². The van der Waals surface area contributed by atoms with Gasteiger partial charge in [0.1, 0.15) is 5.82 Å². The number of nitrogens with one attached hydrogen (secondary N) is 1. The third-order valence-electron chi connectivity index (χ3n) is 4.34. The van der Waals surface area contributed by atoms with Crippen LogP contribution in [0.1, 0.15) is 50.3 Å². The standard InChI is InChI=1S/C16H26FN3/c1-11-9-14(17)7-8-15(11)16(10-18)19-20-12(2)5-4-6-13(20)3/h7-9,12-13,16,19H,4-6,10,18H2,1-3H3. The molecule has 1 fully saturated rings. The summed E-state index contributed by atoms with van der Waals surface area (Å²) in [6.45, 7) is 6.93. The van der Waals surface area contributed by atoms with Crippen LogP contribution in [0.3, 0.4) is 0 Å². The average molecular weight is 279 g/mol. The highest BCUT2D eigenvalue weighted by Crippen LogP contribution is 2.24. The fraction of sp³-hybridized carbons (Fsp3) is 0.625. The Morgan fingerprint density at radius 1 is 1.35 bits per heavy atom. The SMILES string of the molecule is Cc1cc(F)ccc1C(CN)NN1C(C)CCCC1C. The van der Waals surface area contributed by atoms with Gasteiger partial charge in [-0.15, -0.1) is 0 Å². The van der Waals surface area contributed by atoms with Crippen LogP contribution in [0.4, 0.5) is 4.39 Å². The van der Waals surface area contributed by atoms with Crippen LogP contribution in [0, 0.1) is 12.7 Å². The molecule has 0 aromatic heterocycles. The van der Waals surface area contributed by atoms with E-state index in [1.54, 1.807) is 6.07 Å². The van der Waals surface area contributed by atoms with Gasteiger partial charge >= 0.3 is 0 Å². The molecule has 3 nitrogen and oxygen atoms in total. The second-order valence-corrected chi connectivity index (χ2v) is 5.95. The third kappa shape index (κ3) is 3.37. The molecule has 2 rings (SSSR count). The van der Waals surface area contributed by atoms with E-state index in [1.165, 1.54) is 25.3 Å². The molecular weight excluding hydrogens is 253 g/mol. The molecule has 112 valence electrons. The van der Waals surface area contributed by atoms with Crippen molar-refractivity contribution in [2.24, 2.45) is 5.73 Å². The van der Waals surface area contributed by atoms with Crippen molar-refractivity contribution in [1.29, 1.82) is 0 Å². The largest absolute Gasteiger partial charge is 0.329 e. The number of benzene rings is 1. The van der Waals surface area contributed by atoms with E-state index in [0.717, 1.165) is 11.1 Å². The molecule has 1 aliphatic rings. The highest BCUT2D eigenvalue weighted by Gasteiger charge is 2.27. The van der Waals surface area contributed by atoms with E-state index in [0.29, 0.717) is 18.6 Å². The molecular formula is C16H26FN3. The topological polar surface area (TPSA) is 41.3 Å². The Balaban J connectivity index is 2.15. The van der Waals surface area contributed by atoms with Crippen LogP contribution in [0.2, 0.25) is 0 Å². The fourth-order valence-electron chi connectivity index (χ4n) is 3.13. The van der Waals surface area contributed by atoms with E-state index in [2.05, 4.69) is 24.3 Å². The summed E-state index contributed by atoms with van der Waals surface area (Å²) in [6, 6.07) is 5.98. The summed E-state index contributed by atoms with van der Waals surface area (Å²) in [5, 5.41) is 2.32. The number of hydrogen-bond acceptors (Lipinski definition) is 3. The molecule has 0 saturated carbocycles. The number of aryl methyl sites for hydroxylation is 1. The molecule has 0 spiro atoms. The van der Waals surface area contributed by atoms with E-state index in [9.17, 15) is 4.39 Å². The number of nitrogens with zero attached hydrogens (tertiary/aromatic N) is 1. The van der Waals surface area contributed by atoms with Gasteiger partial charge in [-0.25, -0.2) is 14.8 Å². The Labute approximate surface area is 121 Å². The highest BCUT2D eigenvalue weighted by molar-refractivity contribution is 5.29. The number of rotatable bonds is 4. The molecule has 3 unspecified atom stereocenters. The molecule has 0 bridgehead atoms. The van der Waals surface area contributed by atoms with Gasteiger partial charge in [-0.05, 0) is 56.9 Å². The van der Waals surface area contributed by atoms with Gasteiger partial charge in [0.25, 0.3) is 0 Å². The van der Waals surface area contributed by atoms with E-state index < -0.39 is 0 Å². The molecule has 1 heterocycles. The van der Waals surface area contributed by atoms with Crippen LogP contribution in [0.15, 0.2) is 18.2 Å². The first kappa shape index (κ1) is 15.4. The van der Waals surface area contributed by atoms with Gasteiger partial charge in [-0.1, -0.05) is 12.5 Å². The molecule has 0 radical (unpaired) electrons. The maximum absolute atomic E-state index is 13.2. The van der Waals surface area contributed by atoms with Crippen molar-refractivity contribution in [1.82, 2.24) is 10.4 Å². The number of hydrogen-bond donors (Lipinski definition) is 2. The molecule has 1 aliphatic heterocycles. The summed E-state index contributed by atoms with van der Waals surface area (Å²) in [5.74, 6) is -0.193. The van der Waals surface area contributed by atoms with Crippen molar-refractivity contribution < 1.29 is 4.39 Å². The Bertz CT molecular complexity index is 439. The lowest BCUT2D eigenvalue weighted by Gasteiger charge is -2.41. The minimum Gasteiger partial charge on any atom is -0.329 e. The van der Waals surface area contributed by atoms with Crippen LogP contribution in [0.25, 0.3) is 0 Å². The molecule has 3 N–H and O–H groups in total. The Morgan fingerprint density at radius 2 is 2.00 bits per heavy atom. The van der Waals surface area contributed by atoms with Crippen LogP contribution in [-0.4, -0.2) is 23.6 Å². The molecule has 20 heavy (non-hydrogen) atoms. The summed E-state index contributed by atoms with van der Waals surface area (Å²) < 4.78 is 13.2. The van der Waals surface area contributed by atoms with Gasteiger partial charge in [0.2, 0.25) is 0 Å². The van der Waals surface area contributed by atoms with Gasteiger partial charge in [0.15, 0.2) is 0 Å². The van der Waals surface area contributed by atoms with Crippen molar-refractivity contribution in [3.8, 4) is 0 Å². The number of piperidine rings is 1. The number of nitrogens with two attached hydrogens (primary N) is 1. The Morgan fingerprint density at radius 3 is 2.55 bits per heavy atom. The minimum absolute atomic E-state index is 0.0404. The summed E-state index contributed by atoms with van der Waals surface area (Å²) in [6.07, 6.45) is 3.69. The number of halogens is 1. The quantitative estimate of drug-likeness (QED) is 0.890. The molecule has 0 amide bonds. The van der Waals surface area contributed by atoms with Crippen molar-refractivity contribution in [2.75, 3.05) is 6.54 Å². The monoisotopic (exact) mass is 279 g/mol. The molecule has 4 heteroatoms. The first-order chi connectivity index (χ1) is 9.52. The first-order valence-electron chi connectivity index (χ1n) is 7.53. The number of hydrazine groups is 1. The second kappa shape index (κ2) is 6.66. The van der Waals surface area contributed by atoms with Gasteiger partial charge < -0.3 is 5.73 Å². The van der Waals surface area contributed by atoms with E-state index >= 15 is 0 Å². The Kier molecular flexibility index (Phi) is 5.13. The van der Waals surface area contributed by atoms with Crippen molar-refractivity contribution >= 4 is 0 Å². The van der Waals surface area contributed by atoms with Crippen LogP contribution >= 0.6 is 0 Å². The summed E-state index contributed by atoms with van der Waals surface area (Å²) in [7, 11) is 0. The highest BCUT2D eigenvalue weighted by atomic mass is 19.1. The molecule has 3 atom stereocenters. The summed E-state index contributed by atoms with van der Waals surface area (Å²) >= 11 is 0.